The predicted molar refractivity (Wildman–Crippen MR) is 62.6 cm³/mol. The number of pyridine rings is 1. The van der Waals surface area contributed by atoms with E-state index in [0.717, 1.165) is 0 Å². The first kappa shape index (κ1) is 10.9. The molecule has 0 saturated carbocycles. The fraction of sp³-hybridized carbons (Fsp3) is 0.200. The van der Waals surface area contributed by atoms with Gasteiger partial charge in [-0.05, 0) is 22.0 Å². The smallest absolute Gasteiger partial charge is 0.340 e. The number of methoxy groups -OCH3 is 1. The third-order valence-electron chi connectivity index (χ3n) is 2.34. The third-order valence-corrected chi connectivity index (χ3v) is 2.76. The Morgan fingerprint density at radius 1 is 1.56 bits per heavy atom. The number of halogens is 1. The lowest BCUT2D eigenvalue weighted by molar-refractivity contribution is 0.0602. The zero-order valence-corrected chi connectivity index (χ0v) is 10.3. The summed E-state index contributed by atoms with van der Waals surface area (Å²) in [6.45, 7) is 0. The number of carbonyl (C=O) groups is 1. The van der Waals surface area contributed by atoms with Gasteiger partial charge < -0.3 is 14.3 Å². The first-order valence-corrected chi connectivity index (χ1v) is 5.30. The monoisotopic (exact) mass is 284 g/mol. The molecule has 0 spiro atoms. The summed E-state index contributed by atoms with van der Waals surface area (Å²) >= 11 is 3.23. The number of esters is 1. The average Bonchev–Trinajstić information content (AvgIpc) is 2.64. The fourth-order valence-corrected chi connectivity index (χ4v) is 2.00. The van der Waals surface area contributed by atoms with E-state index in [-0.39, 0.29) is 5.56 Å². The van der Waals surface area contributed by atoms with Crippen LogP contribution < -0.4 is 5.56 Å². The van der Waals surface area contributed by atoms with E-state index in [2.05, 4.69) is 25.7 Å². The van der Waals surface area contributed by atoms with Crippen molar-refractivity contribution in [3.05, 3.63) is 32.8 Å². The number of ether oxygens (including phenoxy) is 1. The molecule has 1 N–H and O–H groups in total. The first-order valence-electron chi connectivity index (χ1n) is 4.50. The Balaban J connectivity index is 2.89. The molecule has 2 aromatic rings. The van der Waals surface area contributed by atoms with Crippen LogP contribution in [0.25, 0.3) is 10.9 Å². The van der Waals surface area contributed by atoms with E-state index in [4.69, 9.17) is 0 Å². The highest BCUT2D eigenvalue weighted by Crippen LogP contribution is 2.20. The minimum absolute atomic E-state index is 0.187. The molecular formula is C10H9BrN2O3. The third kappa shape index (κ3) is 1.55. The van der Waals surface area contributed by atoms with Crippen molar-refractivity contribution in [2.45, 2.75) is 0 Å². The zero-order chi connectivity index (χ0) is 11.9. The van der Waals surface area contributed by atoms with E-state index in [9.17, 15) is 9.59 Å². The van der Waals surface area contributed by atoms with Gasteiger partial charge in [0.2, 0.25) is 0 Å². The van der Waals surface area contributed by atoms with Gasteiger partial charge in [0, 0.05) is 18.6 Å². The summed E-state index contributed by atoms with van der Waals surface area (Å²) < 4.78 is 6.66. The van der Waals surface area contributed by atoms with Crippen LogP contribution in [0.5, 0.6) is 0 Å². The first-order chi connectivity index (χ1) is 7.54. The lowest BCUT2D eigenvalue weighted by Gasteiger charge is -2.03. The van der Waals surface area contributed by atoms with E-state index in [1.165, 1.54) is 17.9 Å². The molecule has 0 unspecified atom stereocenters. The molecule has 6 heteroatoms. The number of fused-ring (bicyclic) bond motifs is 1. The molecule has 16 heavy (non-hydrogen) atoms. The number of H-pyrrole nitrogens is 1. The molecule has 84 valence electrons. The summed E-state index contributed by atoms with van der Waals surface area (Å²) in [7, 11) is 2.89. The molecule has 0 saturated heterocycles. The van der Waals surface area contributed by atoms with Crippen LogP contribution >= 0.6 is 15.9 Å². The number of aryl methyl sites for hydroxylation is 1. The highest BCUT2D eigenvalue weighted by Gasteiger charge is 2.15. The highest BCUT2D eigenvalue weighted by molar-refractivity contribution is 9.10. The molecule has 0 radical (unpaired) electrons. The lowest BCUT2D eigenvalue weighted by atomic mass is 10.2. The maximum Gasteiger partial charge on any atom is 0.340 e. The van der Waals surface area contributed by atoms with Crippen LogP contribution in [0.3, 0.4) is 0 Å². The van der Waals surface area contributed by atoms with Crippen LogP contribution in [-0.2, 0) is 11.8 Å². The maximum atomic E-state index is 11.8. The summed E-state index contributed by atoms with van der Waals surface area (Å²) in [4.78, 5) is 26.2. The van der Waals surface area contributed by atoms with E-state index in [1.54, 1.807) is 13.1 Å². The van der Waals surface area contributed by atoms with Gasteiger partial charge >= 0.3 is 5.97 Å². The summed E-state index contributed by atoms with van der Waals surface area (Å²) in [6, 6.07) is 1.68. The molecule has 0 aromatic carbocycles. The Labute approximate surface area is 99.2 Å². The fourth-order valence-electron chi connectivity index (χ4n) is 1.57. The maximum absolute atomic E-state index is 11.8. The number of aromatic nitrogens is 2. The van der Waals surface area contributed by atoms with Gasteiger partial charge in [0.05, 0.1) is 17.3 Å². The molecule has 0 atom stereocenters. The van der Waals surface area contributed by atoms with Gasteiger partial charge in [0.25, 0.3) is 5.56 Å². The van der Waals surface area contributed by atoms with Crippen LogP contribution in [0.2, 0.25) is 0 Å². The van der Waals surface area contributed by atoms with Crippen molar-refractivity contribution in [2.24, 2.45) is 7.05 Å². The van der Waals surface area contributed by atoms with Crippen molar-refractivity contribution in [1.29, 1.82) is 0 Å². The van der Waals surface area contributed by atoms with E-state index >= 15 is 0 Å². The van der Waals surface area contributed by atoms with Crippen molar-refractivity contribution in [3.63, 3.8) is 0 Å². The summed E-state index contributed by atoms with van der Waals surface area (Å²) in [5, 5.41) is 0.557. The Morgan fingerprint density at radius 3 is 2.88 bits per heavy atom. The van der Waals surface area contributed by atoms with Gasteiger partial charge in [-0.3, -0.25) is 4.79 Å². The molecule has 2 heterocycles. The number of nitrogens with zero attached hydrogens (tertiary/aromatic N) is 1. The number of hydrogen-bond acceptors (Lipinski definition) is 3. The van der Waals surface area contributed by atoms with Crippen LogP contribution in [0.4, 0.5) is 0 Å². The number of rotatable bonds is 1. The summed E-state index contributed by atoms with van der Waals surface area (Å²) in [5.41, 5.74) is 0.562. The van der Waals surface area contributed by atoms with Gasteiger partial charge in [0.1, 0.15) is 5.52 Å². The van der Waals surface area contributed by atoms with Crippen molar-refractivity contribution in [2.75, 3.05) is 7.11 Å². The molecule has 0 aliphatic heterocycles. The Hall–Kier alpha value is -1.56. The van der Waals surface area contributed by atoms with Gasteiger partial charge in [-0.1, -0.05) is 0 Å². The minimum atomic E-state index is -0.466. The zero-order valence-electron chi connectivity index (χ0n) is 8.70. The standard InChI is InChI=1S/C10H9BrN2O3/c1-13-4-6(10(15)16-2)5-3-7(11)12-8(5)9(13)14/h3-4,12H,1-2H3. The van der Waals surface area contributed by atoms with Gasteiger partial charge in [0.15, 0.2) is 0 Å². The molecule has 0 aliphatic carbocycles. The quantitative estimate of drug-likeness (QED) is 0.806. The summed E-state index contributed by atoms with van der Waals surface area (Å²) in [6.07, 6.45) is 1.47. The Morgan fingerprint density at radius 2 is 2.25 bits per heavy atom. The number of nitrogens with one attached hydrogen (secondary N) is 1. The number of aromatic amines is 1. The molecule has 2 aromatic heterocycles. The van der Waals surface area contributed by atoms with Crippen LogP contribution in [0.1, 0.15) is 10.4 Å². The van der Waals surface area contributed by atoms with Gasteiger partial charge in [-0.25, -0.2) is 4.79 Å². The van der Waals surface area contributed by atoms with Gasteiger partial charge in [-0.2, -0.15) is 0 Å². The average molecular weight is 285 g/mol. The van der Waals surface area contributed by atoms with Crippen LogP contribution in [-0.4, -0.2) is 22.6 Å². The van der Waals surface area contributed by atoms with E-state index in [0.29, 0.717) is 21.1 Å². The van der Waals surface area contributed by atoms with Crippen molar-refractivity contribution in [3.8, 4) is 0 Å². The predicted octanol–water partition coefficient (Wildman–Crippen LogP) is 1.42. The van der Waals surface area contributed by atoms with Crippen molar-refractivity contribution in [1.82, 2.24) is 9.55 Å². The van der Waals surface area contributed by atoms with Crippen molar-refractivity contribution < 1.29 is 9.53 Å². The second kappa shape index (κ2) is 3.79. The second-order valence-corrected chi connectivity index (χ2v) is 4.21. The lowest BCUT2D eigenvalue weighted by Crippen LogP contribution is -2.19. The van der Waals surface area contributed by atoms with Crippen LogP contribution in [0, 0.1) is 0 Å². The van der Waals surface area contributed by atoms with Crippen LogP contribution in [0.15, 0.2) is 21.7 Å². The number of carbonyl (C=O) groups excluding carboxylic acids is 1. The minimum Gasteiger partial charge on any atom is -0.465 e. The van der Waals surface area contributed by atoms with E-state index < -0.39 is 5.97 Å². The highest BCUT2D eigenvalue weighted by atomic mass is 79.9. The molecular weight excluding hydrogens is 276 g/mol. The number of hydrogen-bond donors (Lipinski definition) is 1. The van der Waals surface area contributed by atoms with E-state index in [1.807, 2.05) is 0 Å². The molecule has 2 rings (SSSR count). The largest absolute Gasteiger partial charge is 0.465 e. The Kier molecular flexibility index (Phi) is 2.59. The SMILES string of the molecule is COC(=O)c1cn(C)c(=O)c2[nH]c(Br)cc12. The van der Waals surface area contributed by atoms with Crippen molar-refractivity contribution >= 4 is 32.8 Å². The Bertz CT molecular complexity index is 627. The molecule has 0 aliphatic rings. The molecule has 5 nitrogen and oxygen atoms in total. The normalized spacial score (nSPS) is 10.7. The van der Waals surface area contributed by atoms with Gasteiger partial charge in [-0.15, -0.1) is 0 Å². The topological polar surface area (TPSA) is 64.1 Å². The summed E-state index contributed by atoms with van der Waals surface area (Å²) in [5.74, 6) is -0.466. The second-order valence-electron chi connectivity index (χ2n) is 3.36. The molecule has 0 fully saturated rings. The molecule has 0 amide bonds. The molecule has 0 bridgehead atoms.